The van der Waals surface area contributed by atoms with Gasteiger partial charge in [0.1, 0.15) is 6.10 Å². The molecule has 20 heavy (non-hydrogen) atoms. The van der Waals surface area contributed by atoms with Gasteiger partial charge in [-0.1, -0.05) is 60.7 Å². The molecular formula is C18H21NO. The Labute approximate surface area is 120 Å². The molecule has 3 rings (SSSR count). The van der Waals surface area contributed by atoms with Crippen LogP contribution in [0.2, 0.25) is 0 Å². The van der Waals surface area contributed by atoms with E-state index in [0.717, 1.165) is 24.0 Å². The second-order valence-corrected chi connectivity index (χ2v) is 5.46. The fourth-order valence-electron chi connectivity index (χ4n) is 2.58. The van der Waals surface area contributed by atoms with Gasteiger partial charge in [-0.15, -0.1) is 0 Å². The highest BCUT2D eigenvalue weighted by atomic mass is 16.5. The van der Waals surface area contributed by atoms with Crippen molar-refractivity contribution in [1.29, 1.82) is 0 Å². The van der Waals surface area contributed by atoms with E-state index in [4.69, 9.17) is 10.5 Å². The molecule has 0 radical (unpaired) electrons. The minimum absolute atomic E-state index is 0.0658. The monoisotopic (exact) mass is 267 g/mol. The summed E-state index contributed by atoms with van der Waals surface area (Å²) in [5, 5.41) is 0. The van der Waals surface area contributed by atoms with Crippen molar-refractivity contribution in [2.45, 2.75) is 37.5 Å². The molecule has 0 amide bonds. The first-order chi connectivity index (χ1) is 9.84. The van der Waals surface area contributed by atoms with Gasteiger partial charge in [0.2, 0.25) is 0 Å². The molecule has 0 bridgehead atoms. The van der Waals surface area contributed by atoms with Crippen molar-refractivity contribution in [2.75, 3.05) is 0 Å². The molecule has 104 valence electrons. The highest BCUT2D eigenvalue weighted by Crippen LogP contribution is 2.35. The molecule has 2 aromatic rings. The van der Waals surface area contributed by atoms with Crippen LogP contribution in [-0.2, 0) is 4.74 Å². The molecule has 2 atom stereocenters. The second-order valence-electron chi connectivity index (χ2n) is 5.46. The van der Waals surface area contributed by atoms with Crippen LogP contribution in [0.1, 0.15) is 42.5 Å². The van der Waals surface area contributed by atoms with E-state index in [1.54, 1.807) is 0 Å². The van der Waals surface area contributed by atoms with Crippen LogP contribution in [-0.4, -0.2) is 6.10 Å². The van der Waals surface area contributed by atoms with Gasteiger partial charge in [0.25, 0.3) is 0 Å². The summed E-state index contributed by atoms with van der Waals surface area (Å²) in [7, 11) is 0. The van der Waals surface area contributed by atoms with Crippen molar-refractivity contribution in [3.8, 4) is 0 Å². The first-order valence-corrected chi connectivity index (χ1v) is 7.35. The van der Waals surface area contributed by atoms with Crippen LogP contribution in [0.5, 0.6) is 0 Å². The van der Waals surface area contributed by atoms with Crippen LogP contribution in [0.3, 0.4) is 0 Å². The molecule has 0 aromatic heterocycles. The molecule has 1 aliphatic rings. The summed E-state index contributed by atoms with van der Waals surface area (Å²) in [5.74, 6) is 0. The van der Waals surface area contributed by atoms with Crippen molar-refractivity contribution >= 4 is 0 Å². The number of benzene rings is 2. The fourth-order valence-corrected chi connectivity index (χ4v) is 2.58. The normalized spacial score (nSPS) is 18.2. The quantitative estimate of drug-likeness (QED) is 0.888. The molecule has 2 nitrogen and oxygen atoms in total. The van der Waals surface area contributed by atoms with Gasteiger partial charge in [-0.2, -0.15) is 0 Å². The van der Waals surface area contributed by atoms with E-state index in [1.165, 1.54) is 6.42 Å². The summed E-state index contributed by atoms with van der Waals surface area (Å²) in [6, 6.07) is 20.4. The van der Waals surface area contributed by atoms with E-state index in [0.29, 0.717) is 6.10 Å². The predicted octanol–water partition coefficient (Wildman–Crippen LogP) is 4.00. The summed E-state index contributed by atoms with van der Waals surface area (Å²) in [5.41, 5.74) is 8.76. The number of hydrogen-bond acceptors (Lipinski definition) is 2. The molecule has 0 spiro atoms. The lowest BCUT2D eigenvalue weighted by Crippen LogP contribution is -2.30. The standard InChI is InChI=1S/C18H21NO/c19-17(14-8-3-1-4-9-14)18(20-16-12-7-13-16)15-10-5-2-6-11-15/h1-6,8-11,16-18H,7,12-13,19H2. The molecule has 2 heteroatoms. The van der Waals surface area contributed by atoms with Crippen molar-refractivity contribution in [1.82, 2.24) is 0 Å². The molecule has 2 aromatic carbocycles. The zero-order chi connectivity index (χ0) is 13.8. The summed E-state index contributed by atoms with van der Waals surface area (Å²) in [6.45, 7) is 0. The van der Waals surface area contributed by atoms with Crippen molar-refractivity contribution in [3.63, 3.8) is 0 Å². The maximum Gasteiger partial charge on any atom is 0.102 e. The third-order valence-electron chi connectivity index (χ3n) is 4.03. The number of ether oxygens (including phenoxy) is 1. The highest BCUT2D eigenvalue weighted by Gasteiger charge is 2.28. The Morgan fingerprint density at radius 2 is 1.40 bits per heavy atom. The Balaban J connectivity index is 1.84. The van der Waals surface area contributed by atoms with E-state index in [9.17, 15) is 0 Å². The highest BCUT2D eigenvalue weighted by molar-refractivity contribution is 5.26. The van der Waals surface area contributed by atoms with Gasteiger partial charge in [0, 0.05) is 0 Å². The zero-order valence-corrected chi connectivity index (χ0v) is 11.6. The van der Waals surface area contributed by atoms with Crippen molar-refractivity contribution in [2.24, 2.45) is 5.73 Å². The van der Waals surface area contributed by atoms with Gasteiger partial charge >= 0.3 is 0 Å². The van der Waals surface area contributed by atoms with E-state index in [2.05, 4.69) is 24.3 Å². The third kappa shape index (κ3) is 2.92. The summed E-state index contributed by atoms with van der Waals surface area (Å²) in [6.07, 6.45) is 3.89. The van der Waals surface area contributed by atoms with Crippen LogP contribution < -0.4 is 5.73 Å². The molecule has 2 N–H and O–H groups in total. The minimum atomic E-state index is -0.126. The van der Waals surface area contributed by atoms with Crippen LogP contribution in [0.4, 0.5) is 0 Å². The van der Waals surface area contributed by atoms with E-state index >= 15 is 0 Å². The Morgan fingerprint density at radius 1 is 0.850 bits per heavy atom. The van der Waals surface area contributed by atoms with Gasteiger partial charge in [-0.3, -0.25) is 0 Å². The van der Waals surface area contributed by atoms with Crippen LogP contribution in [0.25, 0.3) is 0 Å². The van der Waals surface area contributed by atoms with E-state index in [1.807, 2.05) is 36.4 Å². The first kappa shape index (κ1) is 13.3. The van der Waals surface area contributed by atoms with Gasteiger partial charge in [-0.05, 0) is 30.4 Å². The average Bonchev–Trinajstić information content (AvgIpc) is 2.47. The van der Waals surface area contributed by atoms with Crippen molar-refractivity contribution in [3.05, 3.63) is 71.8 Å². The maximum absolute atomic E-state index is 6.47. The van der Waals surface area contributed by atoms with E-state index in [-0.39, 0.29) is 12.1 Å². The predicted molar refractivity (Wildman–Crippen MR) is 81.3 cm³/mol. The molecule has 1 fully saturated rings. The number of hydrogen-bond donors (Lipinski definition) is 1. The third-order valence-corrected chi connectivity index (χ3v) is 4.03. The van der Waals surface area contributed by atoms with Crippen molar-refractivity contribution < 1.29 is 4.74 Å². The van der Waals surface area contributed by atoms with Crippen LogP contribution in [0.15, 0.2) is 60.7 Å². The maximum atomic E-state index is 6.47. The number of nitrogens with two attached hydrogens (primary N) is 1. The second kappa shape index (κ2) is 6.21. The summed E-state index contributed by atoms with van der Waals surface area (Å²) >= 11 is 0. The Bertz CT molecular complexity index is 522. The fraction of sp³-hybridized carbons (Fsp3) is 0.333. The van der Waals surface area contributed by atoms with Gasteiger partial charge in [0.05, 0.1) is 12.1 Å². The Morgan fingerprint density at radius 3 is 1.90 bits per heavy atom. The largest absolute Gasteiger partial charge is 0.368 e. The molecule has 1 aliphatic carbocycles. The molecule has 0 saturated heterocycles. The molecule has 1 saturated carbocycles. The van der Waals surface area contributed by atoms with Gasteiger partial charge in [-0.25, -0.2) is 0 Å². The SMILES string of the molecule is NC(c1ccccc1)C(OC1CCC1)c1ccccc1. The average molecular weight is 267 g/mol. The van der Waals surface area contributed by atoms with Gasteiger partial charge < -0.3 is 10.5 Å². The smallest absolute Gasteiger partial charge is 0.102 e. The Kier molecular flexibility index (Phi) is 4.14. The minimum Gasteiger partial charge on any atom is -0.368 e. The van der Waals surface area contributed by atoms with Crippen LogP contribution in [0, 0.1) is 0 Å². The van der Waals surface area contributed by atoms with Gasteiger partial charge in [0.15, 0.2) is 0 Å². The number of rotatable bonds is 5. The molecule has 0 aliphatic heterocycles. The summed E-state index contributed by atoms with van der Waals surface area (Å²) < 4.78 is 6.26. The first-order valence-electron chi connectivity index (χ1n) is 7.35. The van der Waals surface area contributed by atoms with Crippen LogP contribution >= 0.6 is 0 Å². The lowest BCUT2D eigenvalue weighted by molar-refractivity contribution is -0.0640. The molecule has 2 unspecified atom stereocenters. The zero-order valence-electron chi connectivity index (χ0n) is 11.6. The lowest BCUT2D eigenvalue weighted by atomic mass is 9.93. The Hall–Kier alpha value is -1.64. The molecule has 0 heterocycles. The topological polar surface area (TPSA) is 35.2 Å². The molecular weight excluding hydrogens is 246 g/mol. The summed E-state index contributed by atoms with van der Waals surface area (Å²) in [4.78, 5) is 0. The lowest BCUT2D eigenvalue weighted by Gasteiger charge is -2.33. The van der Waals surface area contributed by atoms with E-state index < -0.39 is 0 Å².